The molecule has 0 radical (unpaired) electrons. The molecule has 0 heterocycles. The molecule has 0 saturated carbocycles. The fraction of sp³-hybridized carbons (Fsp3) is 0.625. The van der Waals surface area contributed by atoms with E-state index in [0.717, 1.165) is 11.0 Å². The van der Waals surface area contributed by atoms with Crippen LogP contribution in [0.4, 0.5) is 0 Å². The first-order chi connectivity index (χ1) is 8.33. The second-order valence-electron chi connectivity index (χ2n) is 6.21. The molecule has 0 spiro atoms. The van der Waals surface area contributed by atoms with Gasteiger partial charge in [-0.3, -0.25) is 0 Å². The molecule has 0 aliphatic heterocycles. The zero-order chi connectivity index (χ0) is 13.8. The van der Waals surface area contributed by atoms with Gasteiger partial charge < -0.3 is 5.32 Å². The van der Waals surface area contributed by atoms with Crippen molar-refractivity contribution in [3.63, 3.8) is 0 Å². The monoisotopic (exact) mass is 311 g/mol. The van der Waals surface area contributed by atoms with Crippen LogP contribution in [-0.2, 0) is 0 Å². The molecule has 1 nitrogen and oxygen atoms in total. The Labute approximate surface area is 120 Å². The molecule has 0 aliphatic carbocycles. The maximum atomic E-state index is 3.62. The number of rotatable bonds is 5. The van der Waals surface area contributed by atoms with Crippen LogP contribution in [0.5, 0.6) is 0 Å². The summed E-state index contributed by atoms with van der Waals surface area (Å²) in [6.07, 6.45) is 2.43. The van der Waals surface area contributed by atoms with Crippen molar-refractivity contribution >= 4 is 15.9 Å². The average Bonchev–Trinajstić information content (AvgIpc) is 2.24. The fourth-order valence-corrected chi connectivity index (χ4v) is 2.70. The average molecular weight is 312 g/mol. The lowest BCUT2D eigenvalue weighted by Crippen LogP contribution is -2.23. The first-order valence-corrected chi connectivity index (χ1v) is 7.62. The molecule has 1 unspecified atom stereocenters. The molecule has 0 amide bonds. The summed E-state index contributed by atoms with van der Waals surface area (Å²) >= 11 is 3.53. The van der Waals surface area contributed by atoms with Gasteiger partial charge in [-0.25, -0.2) is 0 Å². The predicted molar refractivity (Wildman–Crippen MR) is 84.0 cm³/mol. The molecule has 1 rings (SSSR count). The van der Waals surface area contributed by atoms with E-state index in [-0.39, 0.29) is 0 Å². The summed E-state index contributed by atoms with van der Waals surface area (Å²) in [5.74, 6) is 0. The van der Waals surface area contributed by atoms with Crippen molar-refractivity contribution in [2.75, 3.05) is 6.54 Å². The molecule has 0 fully saturated rings. The Kier molecular flexibility index (Phi) is 5.87. The second kappa shape index (κ2) is 6.72. The Balaban J connectivity index is 2.83. The highest BCUT2D eigenvalue weighted by Gasteiger charge is 2.17. The number of halogens is 1. The molecule has 102 valence electrons. The van der Waals surface area contributed by atoms with E-state index in [2.05, 4.69) is 74.1 Å². The van der Waals surface area contributed by atoms with Crippen molar-refractivity contribution in [1.29, 1.82) is 0 Å². The van der Waals surface area contributed by atoms with Gasteiger partial charge in [-0.15, -0.1) is 0 Å². The molecule has 1 N–H and O–H groups in total. The van der Waals surface area contributed by atoms with E-state index in [4.69, 9.17) is 0 Å². The molecule has 0 aromatic heterocycles. The van der Waals surface area contributed by atoms with Crippen LogP contribution in [0, 0.1) is 12.3 Å². The van der Waals surface area contributed by atoms with Gasteiger partial charge in [0.05, 0.1) is 0 Å². The molecular formula is C16H26BrN. The van der Waals surface area contributed by atoms with E-state index >= 15 is 0 Å². The second-order valence-corrected chi connectivity index (χ2v) is 7.13. The van der Waals surface area contributed by atoms with Gasteiger partial charge in [0.25, 0.3) is 0 Å². The summed E-state index contributed by atoms with van der Waals surface area (Å²) in [7, 11) is 0. The molecule has 1 atom stereocenters. The minimum absolute atomic E-state index is 0.400. The lowest BCUT2D eigenvalue weighted by atomic mass is 9.86. The Bertz CT molecular complexity index is 379. The van der Waals surface area contributed by atoms with E-state index in [0.29, 0.717) is 11.5 Å². The van der Waals surface area contributed by atoms with Crippen molar-refractivity contribution in [1.82, 2.24) is 5.32 Å². The largest absolute Gasteiger partial charge is 0.310 e. The van der Waals surface area contributed by atoms with Crippen LogP contribution in [0.15, 0.2) is 22.7 Å². The molecule has 1 aromatic carbocycles. The summed E-state index contributed by atoms with van der Waals surface area (Å²) in [6, 6.07) is 7.07. The van der Waals surface area contributed by atoms with Gasteiger partial charge in [-0.1, -0.05) is 49.7 Å². The van der Waals surface area contributed by atoms with Crippen LogP contribution in [-0.4, -0.2) is 6.54 Å². The van der Waals surface area contributed by atoms with E-state index in [1.807, 2.05) is 0 Å². The smallest absolute Gasteiger partial charge is 0.0322 e. The van der Waals surface area contributed by atoms with Crippen molar-refractivity contribution in [2.45, 2.75) is 53.5 Å². The van der Waals surface area contributed by atoms with Gasteiger partial charge in [-0.05, 0) is 55.0 Å². The first-order valence-electron chi connectivity index (χ1n) is 6.83. The zero-order valence-corrected chi connectivity index (χ0v) is 13.9. The topological polar surface area (TPSA) is 12.0 Å². The molecule has 0 saturated heterocycles. The van der Waals surface area contributed by atoms with Crippen molar-refractivity contribution in [3.8, 4) is 0 Å². The minimum atomic E-state index is 0.400. The van der Waals surface area contributed by atoms with Crippen molar-refractivity contribution in [2.24, 2.45) is 5.41 Å². The number of benzene rings is 1. The zero-order valence-electron chi connectivity index (χ0n) is 12.3. The highest BCUT2D eigenvalue weighted by Crippen LogP contribution is 2.29. The van der Waals surface area contributed by atoms with Crippen molar-refractivity contribution in [3.05, 3.63) is 33.8 Å². The van der Waals surface area contributed by atoms with E-state index in [1.54, 1.807) is 0 Å². The van der Waals surface area contributed by atoms with E-state index in [1.165, 1.54) is 24.0 Å². The Hall–Kier alpha value is -0.340. The fourth-order valence-electron chi connectivity index (χ4n) is 2.22. The number of aryl methyl sites for hydroxylation is 1. The number of hydrogen-bond acceptors (Lipinski definition) is 1. The van der Waals surface area contributed by atoms with E-state index < -0.39 is 0 Å². The predicted octanol–water partition coefficient (Wildman–Crippen LogP) is 5.23. The first kappa shape index (κ1) is 15.7. The third kappa shape index (κ3) is 5.11. The molecule has 2 heteroatoms. The Morgan fingerprint density at radius 1 is 1.28 bits per heavy atom. The van der Waals surface area contributed by atoms with Gasteiger partial charge in [0.1, 0.15) is 0 Å². The van der Waals surface area contributed by atoms with Crippen LogP contribution >= 0.6 is 15.9 Å². The van der Waals surface area contributed by atoms with Gasteiger partial charge in [-0.2, -0.15) is 0 Å². The molecule has 1 aromatic rings. The minimum Gasteiger partial charge on any atom is -0.310 e. The Morgan fingerprint density at radius 3 is 2.44 bits per heavy atom. The molecule has 18 heavy (non-hydrogen) atoms. The van der Waals surface area contributed by atoms with E-state index in [9.17, 15) is 0 Å². The number of nitrogens with one attached hydrogen (secondary N) is 1. The van der Waals surface area contributed by atoms with Crippen LogP contribution in [0.2, 0.25) is 0 Å². The highest BCUT2D eigenvalue weighted by atomic mass is 79.9. The van der Waals surface area contributed by atoms with Gasteiger partial charge in [0.15, 0.2) is 0 Å². The SMILES string of the molecule is CCNC(CCC(C)(C)C)c1ccc(Br)cc1C. The van der Waals surface area contributed by atoms with Gasteiger partial charge in [0, 0.05) is 10.5 Å². The maximum Gasteiger partial charge on any atom is 0.0322 e. The quantitative estimate of drug-likeness (QED) is 0.784. The normalized spacial score (nSPS) is 13.7. The maximum absolute atomic E-state index is 3.62. The lowest BCUT2D eigenvalue weighted by Gasteiger charge is -2.25. The summed E-state index contributed by atoms with van der Waals surface area (Å²) in [5, 5.41) is 3.62. The third-order valence-corrected chi connectivity index (χ3v) is 3.73. The highest BCUT2D eigenvalue weighted by molar-refractivity contribution is 9.10. The molecule has 0 bridgehead atoms. The Morgan fingerprint density at radius 2 is 1.94 bits per heavy atom. The third-order valence-electron chi connectivity index (χ3n) is 3.24. The van der Waals surface area contributed by atoms with Gasteiger partial charge in [0.2, 0.25) is 0 Å². The van der Waals surface area contributed by atoms with Crippen molar-refractivity contribution < 1.29 is 0 Å². The summed E-state index contributed by atoms with van der Waals surface area (Å²) in [4.78, 5) is 0. The summed E-state index contributed by atoms with van der Waals surface area (Å²) in [5.41, 5.74) is 3.20. The van der Waals surface area contributed by atoms with Gasteiger partial charge >= 0.3 is 0 Å². The van der Waals surface area contributed by atoms with Crippen LogP contribution in [0.3, 0.4) is 0 Å². The summed E-state index contributed by atoms with van der Waals surface area (Å²) in [6.45, 7) is 12.3. The number of hydrogen-bond donors (Lipinski definition) is 1. The van der Waals surface area contributed by atoms with Crippen LogP contribution < -0.4 is 5.32 Å². The standard InChI is InChI=1S/C16H26BrN/c1-6-18-15(9-10-16(3,4)5)14-8-7-13(17)11-12(14)2/h7-8,11,15,18H,6,9-10H2,1-5H3. The van der Waals surface area contributed by atoms with Crippen LogP contribution in [0.25, 0.3) is 0 Å². The lowest BCUT2D eigenvalue weighted by molar-refractivity contribution is 0.333. The summed E-state index contributed by atoms with van der Waals surface area (Å²) < 4.78 is 1.16. The van der Waals surface area contributed by atoms with Crippen LogP contribution in [0.1, 0.15) is 57.7 Å². The molecular weight excluding hydrogens is 286 g/mol. The molecule has 0 aliphatic rings.